The summed E-state index contributed by atoms with van der Waals surface area (Å²) in [6.45, 7) is 6.28. The summed E-state index contributed by atoms with van der Waals surface area (Å²) in [6, 6.07) is 0.0101. The first-order valence-corrected chi connectivity index (χ1v) is 15.0. The Kier molecular flexibility index (Phi) is 15.2. The zero-order chi connectivity index (χ0) is 31.4. The van der Waals surface area contributed by atoms with Crippen molar-refractivity contribution in [1.82, 2.24) is 10.6 Å². The Morgan fingerprint density at radius 2 is 1.17 bits per heavy atom. The number of rotatable bonds is 8. The van der Waals surface area contributed by atoms with E-state index in [2.05, 4.69) is 10.6 Å². The van der Waals surface area contributed by atoms with Gasteiger partial charge in [-0.2, -0.15) is 0 Å². The van der Waals surface area contributed by atoms with E-state index in [0.717, 1.165) is 51.4 Å². The van der Waals surface area contributed by atoms with Gasteiger partial charge in [-0.1, -0.05) is 32.1 Å². The zero-order valence-electron chi connectivity index (χ0n) is 25.2. The van der Waals surface area contributed by atoms with Gasteiger partial charge in [0.15, 0.2) is 0 Å². The molecule has 238 valence electrons. The number of hydrogen-bond donors (Lipinski definition) is 8. The summed E-state index contributed by atoms with van der Waals surface area (Å²) in [5.41, 5.74) is 9.23. The fraction of sp³-hybridized carbons (Fsp3) is 0.862. The second-order valence-electron chi connectivity index (χ2n) is 12.7. The molecule has 4 rings (SSSR count). The summed E-state index contributed by atoms with van der Waals surface area (Å²) in [6.07, 6.45) is 14.4. The Bertz CT molecular complexity index is 852. The number of aliphatic carboxylic acids is 4. The van der Waals surface area contributed by atoms with E-state index in [0.29, 0.717) is 18.0 Å². The van der Waals surface area contributed by atoms with Crippen LogP contribution in [0.1, 0.15) is 111 Å². The quantitative estimate of drug-likeness (QED) is 0.205. The van der Waals surface area contributed by atoms with Gasteiger partial charge in [0.2, 0.25) is 0 Å². The minimum Gasteiger partial charge on any atom is -0.481 e. The van der Waals surface area contributed by atoms with Gasteiger partial charge in [0.1, 0.15) is 17.6 Å². The van der Waals surface area contributed by atoms with Crippen LogP contribution in [0.15, 0.2) is 0 Å². The van der Waals surface area contributed by atoms with E-state index < -0.39 is 46.9 Å². The number of nitrogens with one attached hydrogen (secondary N) is 2. The minimum absolute atomic E-state index is 0.0845. The van der Waals surface area contributed by atoms with E-state index in [1.165, 1.54) is 46.0 Å². The van der Waals surface area contributed by atoms with Crippen molar-refractivity contribution in [3.05, 3.63) is 0 Å². The van der Waals surface area contributed by atoms with Crippen molar-refractivity contribution in [3.8, 4) is 0 Å². The third-order valence-corrected chi connectivity index (χ3v) is 8.60. The highest BCUT2D eigenvalue weighted by Gasteiger charge is 2.55. The third kappa shape index (κ3) is 12.6. The van der Waals surface area contributed by atoms with Gasteiger partial charge in [-0.25, -0.2) is 0 Å². The molecule has 0 heterocycles. The van der Waals surface area contributed by atoms with E-state index in [4.69, 9.17) is 31.9 Å². The number of carbonyl (C=O) groups is 4. The first kappa shape index (κ1) is 36.7. The topological polar surface area (TPSA) is 225 Å². The minimum atomic E-state index is -1.08. The molecule has 3 unspecified atom stereocenters. The molecule has 0 radical (unpaired) electrons. The van der Waals surface area contributed by atoms with Crippen molar-refractivity contribution in [2.75, 3.05) is 0 Å². The van der Waals surface area contributed by atoms with Crippen molar-refractivity contribution in [2.45, 2.75) is 147 Å². The number of hydrogen-bond acceptors (Lipinski definition) is 8. The smallest absolute Gasteiger partial charge is 0.323 e. The van der Waals surface area contributed by atoms with Crippen LogP contribution in [0, 0.1) is 11.3 Å². The van der Waals surface area contributed by atoms with Gasteiger partial charge < -0.3 is 42.5 Å². The summed E-state index contributed by atoms with van der Waals surface area (Å²) in [5.74, 6) is -2.56. The standard InChI is InChI=1S/C9H17NO2.C8H13NO2.C8H15NO2.C4H9NO2/c1-7(9(11)12)10-8-5-3-2-4-6-8;9-6-3-5-1-2-8(6,4-5)7(10)11;1-6(8(10)11)9-7-4-2-3-5-7;1-4(2,5)3(6)7/h7-8,10H,2-6H2,1H3,(H,11,12);5-6H,1-4,9H2,(H,10,11);6-7,9H,2-5H2,1H3,(H,10,11);5H2,1-2H3,(H,6,7)/t7-;;6-;/m0.0./s1. The highest BCUT2D eigenvalue weighted by Crippen LogP contribution is 2.53. The lowest BCUT2D eigenvalue weighted by atomic mass is 9.80. The van der Waals surface area contributed by atoms with Gasteiger partial charge in [-0.3, -0.25) is 19.2 Å². The molecule has 12 nitrogen and oxygen atoms in total. The van der Waals surface area contributed by atoms with Crippen molar-refractivity contribution < 1.29 is 39.6 Å². The molecule has 0 aliphatic heterocycles. The fourth-order valence-electron chi connectivity index (χ4n) is 5.87. The molecule has 4 aliphatic rings. The van der Waals surface area contributed by atoms with E-state index in [-0.39, 0.29) is 6.04 Å². The molecule has 5 atom stereocenters. The van der Waals surface area contributed by atoms with Gasteiger partial charge in [0.05, 0.1) is 5.41 Å². The van der Waals surface area contributed by atoms with Crippen LogP contribution >= 0.6 is 0 Å². The number of carboxylic acids is 4. The molecule has 41 heavy (non-hydrogen) atoms. The summed E-state index contributed by atoms with van der Waals surface area (Å²) < 4.78 is 0. The Balaban J connectivity index is 0.000000278. The molecule has 0 aromatic heterocycles. The lowest BCUT2D eigenvalue weighted by Crippen LogP contribution is -2.43. The molecular formula is C29H54N4O8. The first-order chi connectivity index (χ1) is 19.0. The van der Waals surface area contributed by atoms with Crippen molar-refractivity contribution in [1.29, 1.82) is 0 Å². The maximum atomic E-state index is 10.9. The van der Waals surface area contributed by atoms with Gasteiger partial charge in [-0.15, -0.1) is 0 Å². The first-order valence-electron chi connectivity index (χ1n) is 15.0. The van der Waals surface area contributed by atoms with Gasteiger partial charge in [0.25, 0.3) is 0 Å². The van der Waals surface area contributed by atoms with Crippen molar-refractivity contribution in [3.63, 3.8) is 0 Å². The SMILES string of the molecule is CC(C)(N)C(=O)O.C[C@H](NC1CCCC1)C(=O)O.C[C@H](NC1CCCCC1)C(=O)O.NC1CC2CCC1(C(=O)O)C2. The lowest BCUT2D eigenvalue weighted by molar-refractivity contribution is -0.149. The molecule has 0 aromatic carbocycles. The average Bonchev–Trinajstić information content (AvgIpc) is 3.62. The molecular weight excluding hydrogens is 532 g/mol. The van der Waals surface area contributed by atoms with Crippen molar-refractivity contribution >= 4 is 23.9 Å². The fourth-order valence-corrected chi connectivity index (χ4v) is 5.87. The van der Waals surface area contributed by atoms with Gasteiger partial charge in [0, 0.05) is 18.1 Å². The highest BCUT2D eigenvalue weighted by molar-refractivity contribution is 5.77. The second-order valence-corrected chi connectivity index (χ2v) is 12.7. The van der Waals surface area contributed by atoms with E-state index in [9.17, 15) is 19.2 Å². The van der Waals surface area contributed by atoms with Gasteiger partial charge in [-0.05, 0) is 85.0 Å². The van der Waals surface area contributed by atoms with Crippen LogP contribution in [0.3, 0.4) is 0 Å². The second kappa shape index (κ2) is 17.0. The maximum Gasteiger partial charge on any atom is 0.323 e. The van der Waals surface area contributed by atoms with Crippen LogP contribution in [0.4, 0.5) is 0 Å². The summed E-state index contributed by atoms with van der Waals surface area (Å²) in [4.78, 5) is 41.7. The molecule has 2 bridgehead atoms. The summed E-state index contributed by atoms with van der Waals surface area (Å²) in [5, 5.41) is 40.5. The zero-order valence-corrected chi connectivity index (χ0v) is 25.2. The van der Waals surface area contributed by atoms with Crippen LogP contribution in [0.5, 0.6) is 0 Å². The largest absolute Gasteiger partial charge is 0.481 e. The molecule has 12 heteroatoms. The monoisotopic (exact) mass is 586 g/mol. The molecule has 4 saturated carbocycles. The predicted molar refractivity (Wildman–Crippen MR) is 156 cm³/mol. The summed E-state index contributed by atoms with van der Waals surface area (Å²) in [7, 11) is 0. The van der Waals surface area contributed by atoms with Crippen LogP contribution < -0.4 is 22.1 Å². The van der Waals surface area contributed by atoms with Crippen LogP contribution in [0.25, 0.3) is 0 Å². The lowest BCUT2D eigenvalue weighted by Gasteiger charge is -2.27. The Labute approximate surface area is 244 Å². The Hall–Kier alpha value is -2.28. The van der Waals surface area contributed by atoms with Crippen molar-refractivity contribution in [2.24, 2.45) is 22.8 Å². The van der Waals surface area contributed by atoms with E-state index >= 15 is 0 Å². The van der Waals surface area contributed by atoms with Crippen LogP contribution in [-0.2, 0) is 19.2 Å². The normalized spacial score (nSPS) is 27.2. The molecule has 0 aromatic rings. The molecule has 0 spiro atoms. The maximum absolute atomic E-state index is 10.9. The Morgan fingerprint density at radius 3 is 1.41 bits per heavy atom. The Morgan fingerprint density at radius 1 is 0.780 bits per heavy atom. The van der Waals surface area contributed by atoms with E-state index in [1.807, 2.05) is 0 Å². The number of carboxylic acid groups (broad SMARTS) is 4. The molecule has 4 aliphatic carbocycles. The average molecular weight is 587 g/mol. The third-order valence-electron chi connectivity index (χ3n) is 8.60. The highest BCUT2D eigenvalue weighted by atomic mass is 16.4. The molecule has 4 fully saturated rings. The van der Waals surface area contributed by atoms with Crippen LogP contribution in [0.2, 0.25) is 0 Å². The molecule has 10 N–H and O–H groups in total. The van der Waals surface area contributed by atoms with Crippen LogP contribution in [-0.4, -0.2) is 80.1 Å². The van der Waals surface area contributed by atoms with Gasteiger partial charge >= 0.3 is 23.9 Å². The molecule has 0 amide bonds. The number of nitrogens with two attached hydrogens (primary N) is 2. The molecule has 0 saturated heterocycles. The number of fused-ring (bicyclic) bond motifs is 2. The predicted octanol–water partition coefficient (Wildman–Crippen LogP) is 2.77. The summed E-state index contributed by atoms with van der Waals surface area (Å²) >= 11 is 0. The van der Waals surface area contributed by atoms with E-state index in [1.54, 1.807) is 13.8 Å².